The Morgan fingerprint density at radius 1 is 1.03 bits per heavy atom. The zero-order valence-corrected chi connectivity index (χ0v) is 19.0. The number of carbonyl (C=O) groups is 2. The molecule has 1 aromatic carbocycles. The minimum atomic E-state index is -0.315. The fourth-order valence-corrected chi connectivity index (χ4v) is 4.27. The lowest BCUT2D eigenvalue weighted by molar-refractivity contribution is -0.132. The van der Waals surface area contributed by atoms with E-state index in [0.717, 1.165) is 11.1 Å². The maximum absolute atomic E-state index is 13.0. The van der Waals surface area contributed by atoms with Crippen LogP contribution in [-0.2, 0) is 9.59 Å². The smallest absolute Gasteiger partial charge is 0.266 e. The Morgan fingerprint density at radius 3 is 2.53 bits per heavy atom. The molecule has 0 atom stereocenters. The van der Waals surface area contributed by atoms with E-state index < -0.39 is 0 Å². The van der Waals surface area contributed by atoms with Crippen molar-refractivity contribution in [3.8, 4) is 16.9 Å². The molecule has 0 radical (unpaired) electrons. The van der Waals surface area contributed by atoms with Crippen LogP contribution in [0.3, 0.4) is 0 Å². The highest BCUT2D eigenvalue weighted by molar-refractivity contribution is 6.31. The molecule has 0 saturated carbocycles. The first-order chi connectivity index (χ1) is 16.5. The number of hydrogen-bond acceptors (Lipinski definition) is 8. The number of anilines is 3. The van der Waals surface area contributed by atoms with Gasteiger partial charge < -0.3 is 20.3 Å². The van der Waals surface area contributed by atoms with E-state index in [0.29, 0.717) is 54.4 Å². The third-order valence-electron chi connectivity index (χ3n) is 5.75. The molecule has 2 aromatic heterocycles. The summed E-state index contributed by atoms with van der Waals surface area (Å²) in [6.45, 7) is 2.01. The fourth-order valence-electron chi connectivity index (χ4n) is 4.03. The number of fused-ring (bicyclic) bond motifs is 1. The molecule has 10 nitrogen and oxygen atoms in total. The van der Waals surface area contributed by atoms with Crippen molar-refractivity contribution in [1.82, 2.24) is 19.9 Å². The number of hydrogen-bond donors (Lipinski definition) is 1. The monoisotopic (exact) mass is 479 g/mol. The molecule has 34 heavy (non-hydrogen) atoms. The van der Waals surface area contributed by atoms with Crippen LogP contribution in [0, 0.1) is 0 Å². The van der Waals surface area contributed by atoms with Crippen molar-refractivity contribution in [2.24, 2.45) is 0 Å². The van der Waals surface area contributed by atoms with Crippen LogP contribution in [0.2, 0.25) is 5.02 Å². The van der Waals surface area contributed by atoms with Crippen molar-refractivity contribution in [3.63, 3.8) is 0 Å². The van der Waals surface area contributed by atoms with Crippen molar-refractivity contribution < 1.29 is 14.3 Å². The number of amides is 2. The van der Waals surface area contributed by atoms with Crippen LogP contribution < -0.4 is 20.3 Å². The highest BCUT2D eigenvalue weighted by atomic mass is 35.5. The summed E-state index contributed by atoms with van der Waals surface area (Å²) in [6, 6.07) is 8.76. The molecule has 1 fully saturated rings. The molecule has 1 saturated heterocycles. The van der Waals surface area contributed by atoms with Gasteiger partial charge in [0.2, 0.25) is 11.9 Å². The SMILES string of the molecule is Nc1cc(Cl)cc(-c2cnc3c(c2)OCC(=O)N3CC(=O)N2CCN(c3ncccn3)CC2)c1. The number of pyridine rings is 1. The predicted octanol–water partition coefficient (Wildman–Crippen LogP) is 1.85. The molecule has 11 heteroatoms. The van der Waals surface area contributed by atoms with E-state index >= 15 is 0 Å². The quantitative estimate of drug-likeness (QED) is 0.563. The van der Waals surface area contributed by atoms with Gasteiger partial charge in [0.15, 0.2) is 18.2 Å². The number of aromatic nitrogens is 3. The first-order valence-electron chi connectivity index (χ1n) is 10.8. The number of nitrogens with two attached hydrogens (primary N) is 1. The second-order valence-corrected chi connectivity index (χ2v) is 8.44. The number of piperazine rings is 1. The van der Waals surface area contributed by atoms with Gasteiger partial charge in [-0.15, -0.1) is 0 Å². The maximum atomic E-state index is 13.0. The normalized spacial score (nSPS) is 15.7. The number of nitrogens with zero attached hydrogens (tertiary/aromatic N) is 6. The Hall–Kier alpha value is -3.92. The van der Waals surface area contributed by atoms with E-state index in [2.05, 4.69) is 15.0 Å². The zero-order chi connectivity index (χ0) is 23.7. The average Bonchev–Trinajstić information content (AvgIpc) is 2.85. The van der Waals surface area contributed by atoms with Crippen LogP contribution in [0.4, 0.5) is 17.5 Å². The Balaban J connectivity index is 1.29. The van der Waals surface area contributed by atoms with Crippen LogP contribution >= 0.6 is 11.6 Å². The topological polar surface area (TPSA) is 118 Å². The molecule has 2 N–H and O–H groups in total. The van der Waals surface area contributed by atoms with Crippen molar-refractivity contribution in [2.75, 3.05) is 54.9 Å². The number of carbonyl (C=O) groups excluding carboxylic acids is 2. The molecule has 0 spiro atoms. The van der Waals surface area contributed by atoms with E-state index in [1.807, 2.05) is 4.90 Å². The van der Waals surface area contributed by atoms with Gasteiger partial charge in [-0.25, -0.2) is 15.0 Å². The van der Waals surface area contributed by atoms with E-state index in [1.54, 1.807) is 53.8 Å². The van der Waals surface area contributed by atoms with Gasteiger partial charge >= 0.3 is 0 Å². The molecule has 174 valence electrons. The lowest BCUT2D eigenvalue weighted by Gasteiger charge is -2.36. The maximum Gasteiger partial charge on any atom is 0.266 e. The average molecular weight is 480 g/mol. The lowest BCUT2D eigenvalue weighted by atomic mass is 10.1. The van der Waals surface area contributed by atoms with E-state index in [-0.39, 0.29) is 25.0 Å². The number of benzene rings is 1. The van der Waals surface area contributed by atoms with Gasteiger partial charge in [-0.05, 0) is 35.9 Å². The van der Waals surface area contributed by atoms with Gasteiger partial charge in [0, 0.05) is 61.0 Å². The Bertz CT molecular complexity index is 1210. The van der Waals surface area contributed by atoms with Crippen molar-refractivity contribution in [3.05, 3.63) is 53.9 Å². The van der Waals surface area contributed by atoms with Crippen LogP contribution in [0.5, 0.6) is 5.75 Å². The minimum Gasteiger partial charge on any atom is -0.480 e. The molecule has 5 rings (SSSR count). The molecular weight excluding hydrogens is 458 g/mol. The largest absolute Gasteiger partial charge is 0.480 e. The second kappa shape index (κ2) is 9.14. The van der Waals surface area contributed by atoms with Crippen molar-refractivity contribution >= 4 is 40.9 Å². The van der Waals surface area contributed by atoms with Crippen LogP contribution in [-0.4, -0.2) is 71.0 Å². The lowest BCUT2D eigenvalue weighted by Crippen LogP contribution is -2.53. The van der Waals surface area contributed by atoms with Crippen molar-refractivity contribution in [2.45, 2.75) is 0 Å². The van der Waals surface area contributed by atoms with Gasteiger partial charge in [0.05, 0.1) is 0 Å². The van der Waals surface area contributed by atoms with Gasteiger partial charge in [0.1, 0.15) is 6.54 Å². The van der Waals surface area contributed by atoms with Crippen LogP contribution in [0.15, 0.2) is 48.9 Å². The first kappa shape index (κ1) is 21.9. The molecule has 2 amide bonds. The summed E-state index contributed by atoms with van der Waals surface area (Å²) in [6.07, 6.45) is 5.00. The summed E-state index contributed by atoms with van der Waals surface area (Å²) in [7, 11) is 0. The molecule has 2 aliphatic heterocycles. The summed E-state index contributed by atoms with van der Waals surface area (Å²) >= 11 is 6.12. The summed E-state index contributed by atoms with van der Waals surface area (Å²) in [4.78, 5) is 43.7. The third-order valence-corrected chi connectivity index (χ3v) is 5.97. The fraction of sp³-hybridized carbons (Fsp3) is 0.261. The second-order valence-electron chi connectivity index (χ2n) is 8.00. The highest BCUT2D eigenvalue weighted by Crippen LogP contribution is 2.35. The number of ether oxygens (including phenoxy) is 1. The number of rotatable bonds is 4. The minimum absolute atomic E-state index is 0.104. The Morgan fingerprint density at radius 2 is 1.79 bits per heavy atom. The van der Waals surface area contributed by atoms with Gasteiger partial charge in [-0.3, -0.25) is 14.5 Å². The van der Waals surface area contributed by atoms with E-state index in [9.17, 15) is 9.59 Å². The predicted molar refractivity (Wildman–Crippen MR) is 128 cm³/mol. The van der Waals surface area contributed by atoms with E-state index in [1.165, 1.54) is 4.90 Å². The third kappa shape index (κ3) is 4.44. The molecular formula is C23H22ClN7O3. The highest BCUT2D eigenvalue weighted by Gasteiger charge is 2.31. The Labute approximate surface area is 200 Å². The molecule has 4 heterocycles. The Kier molecular flexibility index (Phi) is 5.89. The number of nitrogen functional groups attached to an aromatic ring is 1. The first-order valence-corrected chi connectivity index (χ1v) is 11.1. The van der Waals surface area contributed by atoms with E-state index in [4.69, 9.17) is 22.1 Å². The van der Waals surface area contributed by atoms with Gasteiger partial charge in [-0.2, -0.15) is 0 Å². The van der Waals surface area contributed by atoms with Gasteiger partial charge in [-0.1, -0.05) is 11.6 Å². The summed E-state index contributed by atoms with van der Waals surface area (Å²) in [5, 5.41) is 0.509. The summed E-state index contributed by atoms with van der Waals surface area (Å²) in [5.41, 5.74) is 7.96. The van der Waals surface area contributed by atoms with Crippen LogP contribution in [0.25, 0.3) is 11.1 Å². The zero-order valence-electron chi connectivity index (χ0n) is 18.2. The molecule has 0 unspecified atom stereocenters. The molecule has 2 aliphatic rings. The summed E-state index contributed by atoms with van der Waals surface area (Å²) < 4.78 is 5.62. The summed E-state index contributed by atoms with van der Waals surface area (Å²) in [5.74, 6) is 0.926. The van der Waals surface area contributed by atoms with Crippen LogP contribution in [0.1, 0.15) is 0 Å². The molecule has 0 aliphatic carbocycles. The van der Waals surface area contributed by atoms with Crippen molar-refractivity contribution in [1.29, 1.82) is 0 Å². The van der Waals surface area contributed by atoms with Gasteiger partial charge in [0.25, 0.3) is 5.91 Å². The number of halogens is 1. The molecule has 0 bridgehead atoms. The standard InChI is InChI=1S/C23H22ClN7O3/c24-17-8-15(9-18(25)11-17)16-10-19-22(28-12-16)31(21(33)14-34-19)13-20(32)29-4-6-30(7-5-29)23-26-2-1-3-27-23/h1-3,8-12H,4-7,13-14,25H2. The molecule has 3 aromatic rings.